The van der Waals surface area contributed by atoms with E-state index in [0.29, 0.717) is 29.4 Å². The molecule has 2 aliphatic rings. The van der Waals surface area contributed by atoms with E-state index in [4.69, 9.17) is 14.2 Å². The highest BCUT2D eigenvalue weighted by molar-refractivity contribution is 8.15. The number of imide groups is 1. The average molecular weight is 357 g/mol. The molecule has 2 aliphatic heterocycles. The van der Waals surface area contributed by atoms with Gasteiger partial charge >= 0.3 is 0 Å². The smallest absolute Gasteiger partial charge is 0.293 e. The number of amides is 2. The highest BCUT2D eigenvalue weighted by Gasteiger charge is 2.41. The molecule has 2 aromatic carbocycles. The van der Waals surface area contributed by atoms with E-state index < -0.39 is 5.25 Å². The van der Waals surface area contributed by atoms with Gasteiger partial charge in [-0.1, -0.05) is 30.0 Å². The lowest BCUT2D eigenvalue weighted by Crippen LogP contribution is -2.32. The molecule has 6 nitrogen and oxygen atoms in total. The van der Waals surface area contributed by atoms with Crippen molar-refractivity contribution in [2.45, 2.75) is 11.7 Å². The van der Waals surface area contributed by atoms with Crippen LogP contribution in [0.2, 0.25) is 0 Å². The summed E-state index contributed by atoms with van der Waals surface area (Å²) in [6, 6.07) is 12.6. The molecule has 0 aromatic heterocycles. The number of hydrogen-bond acceptors (Lipinski definition) is 6. The van der Waals surface area contributed by atoms with Crippen LogP contribution < -0.4 is 19.1 Å². The van der Waals surface area contributed by atoms with Gasteiger partial charge in [0, 0.05) is 0 Å². The Morgan fingerprint density at radius 2 is 1.96 bits per heavy atom. The van der Waals surface area contributed by atoms with Crippen LogP contribution in [0.25, 0.3) is 0 Å². The fourth-order valence-electron chi connectivity index (χ4n) is 2.90. The summed E-state index contributed by atoms with van der Waals surface area (Å²) in [6.07, 6.45) is 0.442. The largest absolute Gasteiger partial charge is 0.495 e. The van der Waals surface area contributed by atoms with Crippen molar-refractivity contribution in [1.29, 1.82) is 0 Å². The van der Waals surface area contributed by atoms with Crippen LogP contribution >= 0.6 is 11.8 Å². The molecule has 0 aliphatic carbocycles. The standard InChI is InChI=1S/C18H15NO5S/c1-22-13-5-3-2-4-12(13)19-17(20)16(25-18(19)21)9-11-6-7-14-15(8-11)24-10-23-14/h2-8,16H,9-10H2,1H3/t16-/m0/s1. The predicted octanol–water partition coefficient (Wildman–Crippen LogP) is 3.24. The van der Waals surface area contributed by atoms with Crippen LogP contribution in [0.1, 0.15) is 5.56 Å². The van der Waals surface area contributed by atoms with Crippen LogP contribution in [0.3, 0.4) is 0 Å². The van der Waals surface area contributed by atoms with E-state index in [2.05, 4.69) is 0 Å². The van der Waals surface area contributed by atoms with Crippen LogP contribution in [0.15, 0.2) is 42.5 Å². The number of fused-ring (bicyclic) bond motifs is 1. The van der Waals surface area contributed by atoms with Gasteiger partial charge in [-0.2, -0.15) is 0 Å². The number of benzene rings is 2. The zero-order chi connectivity index (χ0) is 17.4. The predicted molar refractivity (Wildman–Crippen MR) is 93.5 cm³/mol. The monoisotopic (exact) mass is 357 g/mol. The van der Waals surface area contributed by atoms with E-state index in [0.717, 1.165) is 17.3 Å². The number of nitrogens with zero attached hydrogens (tertiary/aromatic N) is 1. The molecule has 128 valence electrons. The summed E-state index contributed by atoms with van der Waals surface area (Å²) in [5.41, 5.74) is 1.39. The summed E-state index contributed by atoms with van der Waals surface area (Å²) < 4.78 is 15.9. The van der Waals surface area contributed by atoms with Crippen molar-refractivity contribution < 1.29 is 23.8 Å². The molecule has 1 saturated heterocycles. The van der Waals surface area contributed by atoms with Crippen LogP contribution in [-0.4, -0.2) is 30.3 Å². The van der Waals surface area contributed by atoms with Crippen molar-refractivity contribution in [2.24, 2.45) is 0 Å². The molecule has 0 radical (unpaired) electrons. The summed E-state index contributed by atoms with van der Waals surface area (Å²) in [6.45, 7) is 0.204. The Hall–Kier alpha value is -2.67. The Morgan fingerprint density at radius 1 is 1.16 bits per heavy atom. The zero-order valence-electron chi connectivity index (χ0n) is 13.4. The van der Waals surface area contributed by atoms with Gasteiger partial charge < -0.3 is 14.2 Å². The van der Waals surface area contributed by atoms with Crippen LogP contribution in [0, 0.1) is 0 Å². The molecule has 25 heavy (non-hydrogen) atoms. The third kappa shape index (κ3) is 2.80. The van der Waals surface area contributed by atoms with E-state index in [1.54, 1.807) is 24.3 Å². The van der Waals surface area contributed by atoms with Gasteiger partial charge in [-0.3, -0.25) is 9.59 Å². The minimum Gasteiger partial charge on any atom is -0.495 e. The number of carbonyl (C=O) groups excluding carboxylic acids is 2. The first-order valence-corrected chi connectivity index (χ1v) is 8.61. The summed E-state index contributed by atoms with van der Waals surface area (Å²) in [7, 11) is 1.51. The SMILES string of the molecule is COc1ccccc1N1C(=O)S[C@@H](Cc2ccc3c(c2)OCO3)C1=O. The maximum Gasteiger partial charge on any atom is 0.293 e. The number of rotatable bonds is 4. The third-order valence-electron chi connectivity index (χ3n) is 4.11. The molecular formula is C18H15NO5S. The number of anilines is 1. The third-order valence-corrected chi connectivity index (χ3v) is 5.14. The zero-order valence-corrected chi connectivity index (χ0v) is 14.2. The van der Waals surface area contributed by atoms with Crippen molar-refractivity contribution in [3.8, 4) is 17.2 Å². The first kappa shape index (κ1) is 15.8. The average Bonchev–Trinajstić information content (AvgIpc) is 3.19. The maximum atomic E-state index is 12.8. The van der Waals surface area contributed by atoms with Crippen LogP contribution in [-0.2, 0) is 11.2 Å². The number of hydrogen-bond donors (Lipinski definition) is 0. The van der Waals surface area contributed by atoms with Gasteiger partial charge in [0.15, 0.2) is 11.5 Å². The molecule has 2 amide bonds. The van der Waals surface area contributed by atoms with Gasteiger partial charge in [-0.25, -0.2) is 4.90 Å². The fraction of sp³-hybridized carbons (Fsp3) is 0.222. The maximum absolute atomic E-state index is 12.8. The second-order valence-corrected chi connectivity index (χ2v) is 6.76. The number of ether oxygens (including phenoxy) is 3. The Balaban J connectivity index is 1.57. The highest BCUT2D eigenvalue weighted by atomic mass is 32.2. The second-order valence-electron chi connectivity index (χ2n) is 5.61. The van der Waals surface area contributed by atoms with E-state index >= 15 is 0 Å². The molecular weight excluding hydrogens is 342 g/mol. The molecule has 2 aromatic rings. The second kappa shape index (κ2) is 6.33. The molecule has 1 fully saturated rings. The minimum absolute atomic E-state index is 0.204. The Kier molecular flexibility index (Phi) is 4.01. The van der Waals surface area contributed by atoms with Crippen molar-refractivity contribution in [3.63, 3.8) is 0 Å². The molecule has 0 N–H and O–H groups in total. The van der Waals surface area contributed by atoms with Gasteiger partial charge in [-0.05, 0) is 36.2 Å². The highest BCUT2D eigenvalue weighted by Crippen LogP contribution is 2.39. The van der Waals surface area contributed by atoms with Crippen molar-refractivity contribution in [1.82, 2.24) is 0 Å². The number of thioether (sulfide) groups is 1. The molecule has 7 heteroatoms. The number of methoxy groups -OCH3 is 1. The first-order chi connectivity index (χ1) is 12.2. The van der Waals surface area contributed by atoms with Gasteiger partial charge in [0.25, 0.3) is 5.24 Å². The van der Waals surface area contributed by atoms with E-state index in [-0.39, 0.29) is 17.9 Å². The first-order valence-electron chi connectivity index (χ1n) is 7.73. The molecule has 2 heterocycles. The summed E-state index contributed by atoms with van der Waals surface area (Å²) in [5, 5.41) is -0.766. The molecule has 1 atom stereocenters. The lowest BCUT2D eigenvalue weighted by Gasteiger charge is -2.17. The molecule has 0 spiro atoms. The van der Waals surface area contributed by atoms with Crippen molar-refractivity contribution >= 4 is 28.6 Å². The van der Waals surface area contributed by atoms with Gasteiger partial charge in [0.2, 0.25) is 12.7 Å². The quantitative estimate of drug-likeness (QED) is 0.837. The van der Waals surface area contributed by atoms with Crippen molar-refractivity contribution in [3.05, 3.63) is 48.0 Å². The Labute approximate surface area is 148 Å². The molecule has 0 bridgehead atoms. The number of carbonyl (C=O) groups is 2. The minimum atomic E-state index is -0.474. The van der Waals surface area contributed by atoms with E-state index in [1.807, 2.05) is 18.2 Å². The summed E-state index contributed by atoms with van der Waals surface area (Å²) in [5.74, 6) is 1.62. The van der Waals surface area contributed by atoms with Gasteiger partial charge in [0.05, 0.1) is 18.0 Å². The number of para-hydroxylation sites is 2. The summed E-state index contributed by atoms with van der Waals surface area (Å²) >= 11 is 1.03. The molecule has 0 unspecified atom stereocenters. The lowest BCUT2D eigenvalue weighted by atomic mass is 10.1. The fourth-order valence-corrected chi connectivity index (χ4v) is 3.92. The topological polar surface area (TPSA) is 65.1 Å². The van der Waals surface area contributed by atoms with Gasteiger partial charge in [-0.15, -0.1) is 0 Å². The normalized spacial score (nSPS) is 18.8. The van der Waals surface area contributed by atoms with Gasteiger partial charge in [0.1, 0.15) is 5.75 Å². The Morgan fingerprint density at radius 3 is 2.80 bits per heavy atom. The van der Waals surface area contributed by atoms with Crippen LogP contribution in [0.5, 0.6) is 17.2 Å². The van der Waals surface area contributed by atoms with E-state index in [1.165, 1.54) is 12.0 Å². The lowest BCUT2D eigenvalue weighted by molar-refractivity contribution is -0.117. The molecule has 4 rings (SSSR count). The van der Waals surface area contributed by atoms with Crippen LogP contribution in [0.4, 0.5) is 10.5 Å². The van der Waals surface area contributed by atoms with E-state index in [9.17, 15) is 9.59 Å². The molecule has 0 saturated carbocycles. The van der Waals surface area contributed by atoms with Crippen molar-refractivity contribution in [2.75, 3.05) is 18.8 Å². The summed E-state index contributed by atoms with van der Waals surface area (Å²) in [4.78, 5) is 26.4. The Bertz CT molecular complexity index is 853.